The highest BCUT2D eigenvalue weighted by molar-refractivity contribution is 5.72. The van der Waals surface area contributed by atoms with Gasteiger partial charge in [-0.2, -0.15) is 0 Å². The number of hydrogen-bond donors (Lipinski definition) is 0. The molecule has 1 aliphatic rings. The SMILES string of the molecule is CCC(=O)Oc1cccc(C2CC2)c1COc1cc(C)c(C)cc1C. The van der Waals surface area contributed by atoms with E-state index in [-0.39, 0.29) is 5.97 Å². The molecule has 0 aromatic heterocycles. The number of carbonyl (C=O) groups is 1. The molecule has 0 unspecified atom stereocenters. The minimum atomic E-state index is -0.212. The van der Waals surface area contributed by atoms with Crippen LogP contribution in [-0.2, 0) is 11.4 Å². The zero-order valence-corrected chi connectivity index (χ0v) is 15.5. The van der Waals surface area contributed by atoms with E-state index in [1.165, 1.54) is 29.5 Å². The van der Waals surface area contributed by atoms with E-state index in [1.54, 1.807) is 0 Å². The molecule has 0 heterocycles. The van der Waals surface area contributed by atoms with Crippen molar-refractivity contribution in [3.8, 4) is 11.5 Å². The van der Waals surface area contributed by atoms with Crippen LogP contribution in [0.15, 0.2) is 30.3 Å². The summed E-state index contributed by atoms with van der Waals surface area (Å²) in [6.07, 6.45) is 2.76. The van der Waals surface area contributed by atoms with Crippen molar-refractivity contribution in [1.82, 2.24) is 0 Å². The topological polar surface area (TPSA) is 35.5 Å². The molecule has 0 bridgehead atoms. The van der Waals surface area contributed by atoms with Gasteiger partial charge in [0.2, 0.25) is 0 Å². The molecule has 3 nitrogen and oxygen atoms in total. The number of carbonyl (C=O) groups excluding carboxylic acids is 1. The highest BCUT2D eigenvalue weighted by Gasteiger charge is 2.28. The molecular formula is C22H26O3. The molecule has 0 radical (unpaired) electrons. The largest absolute Gasteiger partial charge is 0.488 e. The van der Waals surface area contributed by atoms with Crippen molar-refractivity contribution in [2.75, 3.05) is 0 Å². The van der Waals surface area contributed by atoms with Gasteiger partial charge in [-0.05, 0) is 73.9 Å². The molecule has 0 spiro atoms. The lowest BCUT2D eigenvalue weighted by atomic mass is 10.0. The number of aryl methyl sites for hydroxylation is 3. The normalized spacial score (nSPS) is 13.6. The van der Waals surface area contributed by atoms with Crippen LogP contribution in [0.25, 0.3) is 0 Å². The van der Waals surface area contributed by atoms with Gasteiger partial charge in [0.05, 0.1) is 0 Å². The maximum atomic E-state index is 11.8. The molecule has 3 heteroatoms. The summed E-state index contributed by atoms with van der Waals surface area (Å²) < 4.78 is 11.7. The zero-order valence-electron chi connectivity index (χ0n) is 15.5. The van der Waals surface area contributed by atoms with Crippen LogP contribution in [0.2, 0.25) is 0 Å². The van der Waals surface area contributed by atoms with E-state index in [2.05, 4.69) is 39.0 Å². The second-order valence-corrected chi connectivity index (χ2v) is 6.92. The van der Waals surface area contributed by atoms with Crippen molar-refractivity contribution >= 4 is 5.97 Å². The Labute approximate surface area is 150 Å². The maximum absolute atomic E-state index is 11.8. The molecule has 0 saturated heterocycles. The van der Waals surface area contributed by atoms with E-state index < -0.39 is 0 Å². The van der Waals surface area contributed by atoms with Gasteiger partial charge in [0.1, 0.15) is 18.1 Å². The van der Waals surface area contributed by atoms with Crippen molar-refractivity contribution in [2.45, 2.75) is 59.5 Å². The Bertz CT molecular complexity index is 788. The third kappa shape index (κ3) is 4.04. The maximum Gasteiger partial charge on any atom is 0.310 e. The van der Waals surface area contributed by atoms with Crippen LogP contribution in [0.3, 0.4) is 0 Å². The molecule has 2 aromatic rings. The molecule has 2 aromatic carbocycles. The van der Waals surface area contributed by atoms with Crippen LogP contribution in [0.5, 0.6) is 11.5 Å². The van der Waals surface area contributed by atoms with Gasteiger partial charge >= 0.3 is 5.97 Å². The first kappa shape index (κ1) is 17.5. The summed E-state index contributed by atoms with van der Waals surface area (Å²) in [6.45, 7) is 8.49. The van der Waals surface area contributed by atoms with Gasteiger partial charge in [0.15, 0.2) is 0 Å². The summed E-state index contributed by atoms with van der Waals surface area (Å²) in [5.41, 5.74) is 5.86. The minimum absolute atomic E-state index is 0.212. The second-order valence-electron chi connectivity index (χ2n) is 6.92. The van der Waals surface area contributed by atoms with Crippen LogP contribution < -0.4 is 9.47 Å². The number of esters is 1. The summed E-state index contributed by atoms with van der Waals surface area (Å²) in [4.78, 5) is 11.8. The summed E-state index contributed by atoms with van der Waals surface area (Å²) in [5.74, 6) is 1.88. The predicted octanol–water partition coefficient (Wildman–Crippen LogP) is 5.38. The Kier molecular flexibility index (Phi) is 5.12. The molecule has 1 fully saturated rings. The molecule has 132 valence electrons. The highest BCUT2D eigenvalue weighted by atomic mass is 16.5. The first-order valence-corrected chi connectivity index (χ1v) is 9.02. The van der Waals surface area contributed by atoms with Crippen LogP contribution in [0.4, 0.5) is 0 Å². The number of hydrogen-bond acceptors (Lipinski definition) is 3. The smallest absolute Gasteiger partial charge is 0.310 e. The molecule has 25 heavy (non-hydrogen) atoms. The summed E-state index contributed by atoms with van der Waals surface area (Å²) in [7, 11) is 0. The van der Waals surface area contributed by atoms with Crippen LogP contribution >= 0.6 is 0 Å². The average molecular weight is 338 g/mol. The lowest BCUT2D eigenvalue weighted by Gasteiger charge is -2.17. The van der Waals surface area contributed by atoms with Crippen molar-refractivity contribution in [3.05, 3.63) is 58.1 Å². The Morgan fingerprint density at radius 1 is 1.04 bits per heavy atom. The van der Waals surface area contributed by atoms with Gasteiger partial charge < -0.3 is 9.47 Å². The highest BCUT2D eigenvalue weighted by Crippen LogP contribution is 2.44. The van der Waals surface area contributed by atoms with Gasteiger partial charge in [-0.1, -0.05) is 25.1 Å². The summed E-state index contributed by atoms with van der Waals surface area (Å²) >= 11 is 0. The Balaban J connectivity index is 1.88. The lowest BCUT2D eigenvalue weighted by molar-refractivity contribution is -0.134. The lowest BCUT2D eigenvalue weighted by Crippen LogP contribution is -2.10. The van der Waals surface area contributed by atoms with Crippen molar-refractivity contribution in [3.63, 3.8) is 0 Å². The summed E-state index contributed by atoms with van der Waals surface area (Å²) in [5, 5.41) is 0. The molecule has 1 saturated carbocycles. The Morgan fingerprint density at radius 2 is 1.76 bits per heavy atom. The molecule has 0 N–H and O–H groups in total. The van der Waals surface area contributed by atoms with Crippen LogP contribution in [0.1, 0.15) is 59.9 Å². The van der Waals surface area contributed by atoms with E-state index in [1.807, 2.05) is 19.1 Å². The van der Waals surface area contributed by atoms with E-state index in [9.17, 15) is 4.79 Å². The van der Waals surface area contributed by atoms with Gasteiger partial charge in [0, 0.05) is 12.0 Å². The second kappa shape index (κ2) is 7.30. The fourth-order valence-electron chi connectivity index (χ4n) is 3.04. The first-order chi connectivity index (χ1) is 12.0. The number of rotatable bonds is 6. The number of ether oxygens (including phenoxy) is 2. The van der Waals surface area contributed by atoms with Gasteiger partial charge in [0.25, 0.3) is 0 Å². The molecule has 1 aliphatic carbocycles. The summed E-state index contributed by atoms with van der Waals surface area (Å²) in [6, 6.07) is 10.2. The molecule has 0 aliphatic heterocycles. The van der Waals surface area contributed by atoms with Gasteiger partial charge in [-0.25, -0.2) is 0 Å². The molecule has 0 atom stereocenters. The fraction of sp³-hybridized carbons (Fsp3) is 0.409. The predicted molar refractivity (Wildman–Crippen MR) is 99.3 cm³/mol. The van der Waals surface area contributed by atoms with Gasteiger partial charge in [-0.3, -0.25) is 4.79 Å². The monoisotopic (exact) mass is 338 g/mol. The molecule has 3 rings (SSSR count). The minimum Gasteiger partial charge on any atom is -0.488 e. The van der Waals surface area contributed by atoms with Crippen molar-refractivity contribution in [2.24, 2.45) is 0 Å². The van der Waals surface area contributed by atoms with Gasteiger partial charge in [-0.15, -0.1) is 0 Å². The average Bonchev–Trinajstić information content (AvgIpc) is 3.42. The Morgan fingerprint density at radius 3 is 2.44 bits per heavy atom. The van der Waals surface area contributed by atoms with Crippen molar-refractivity contribution < 1.29 is 14.3 Å². The van der Waals surface area contributed by atoms with E-state index in [0.717, 1.165) is 16.9 Å². The van der Waals surface area contributed by atoms with E-state index >= 15 is 0 Å². The quantitative estimate of drug-likeness (QED) is 0.524. The molecule has 0 amide bonds. The van der Waals surface area contributed by atoms with E-state index in [0.29, 0.717) is 24.7 Å². The third-order valence-corrected chi connectivity index (χ3v) is 4.86. The standard InChI is InChI=1S/C22H26O3/c1-5-22(23)25-20-8-6-7-18(17-9-10-17)19(20)13-24-21-12-15(3)14(2)11-16(21)4/h6-8,11-12,17H,5,9-10,13H2,1-4H3. The first-order valence-electron chi connectivity index (χ1n) is 9.02. The fourth-order valence-corrected chi connectivity index (χ4v) is 3.04. The van der Waals surface area contributed by atoms with Crippen molar-refractivity contribution in [1.29, 1.82) is 0 Å². The van der Waals surface area contributed by atoms with Crippen LogP contribution in [-0.4, -0.2) is 5.97 Å². The van der Waals surface area contributed by atoms with Crippen LogP contribution in [0, 0.1) is 20.8 Å². The molecular weight excluding hydrogens is 312 g/mol. The third-order valence-electron chi connectivity index (χ3n) is 4.86. The van der Waals surface area contributed by atoms with E-state index in [4.69, 9.17) is 9.47 Å². The zero-order chi connectivity index (χ0) is 18.0. The number of benzene rings is 2. The Hall–Kier alpha value is -2.29.